The van der Waals surface area contributed by atoms with E-state index in [0.29, 0.717) is 18.9 Å². The summed E-state index contributed by atoms with van der Waals surface area (Å²) in [5.74, 6) is 0.520. The Hall–Kier alpha value is -0.630. The minimum Gasteiger partial charge on any atom is -0.350 e. The smallest absolute Gasteiger partial charge is 0.161 e. The van der Waals surface area contributed by atoms with Crippen LogP contribution in [-0.2, 0) is 9.47 Å². The van der Waals surface area contributed by atoms with E-state index in [2.05, 4.69) is 17.9 Å². The summed E-state index contributed by atoms with van der Waals surface area (Å²) in [7, 11) is 0. The number of piperidine rings is 1. The number of likely N-dealkylation sites (tertiary alicyclic amines) is 1. The van der Waals surface area contributed by atoms with Crippen LogP contribution in [0, 0.1) is 17.2 Å². The molecule has 16 heavy (non-hydrogen) atoms. The molecule has 2 atom stereocenters. The van der Waals surface area contributed by atoms with Crippen LogP contribution in [0.2, 0.25) is 0 Å². The lowest BCUT2D eigenvalue weighted by molar-refractivity contribution is -0.108. The fourth-order valence-electron chi connectivity index (χ4n) is 2.47. The Morgan fingerprint density at radius 3 is 2.75 bits per heavy atom. The van der Waals surface area contributed by atoms with Crippen molar-refractivity contribution < 1.29 is 9.47 Å². The van der Waals surface area contributed by atoms with Crippen molar-refractivity contribution in [2.24, 2.45) is 5.92 Å². The maximum Gasteiger partial charge on any atom is 0.161 e. The van der Waals surface area contributed by atoms with Gasteiger partial charge in [-0.15, -0.1) is 0 Å². The van der Waals surface area contributed by atoms with Crippen molar-refractivity contribution >= 4 is 0 Å². The molecular weight excluding hydrogens is 204 g/mol. The second-order valence-electron chi connectivity index (χ2n) is 4.59. The zero-order valence-electron chi connectivity index (χ0n) is 9.89. The molecule has 2 aliphatic rings. The first-order valence-electron chi connectivity index (χ1n) is 6.20. The van der Waals surface area contributed by atoms with Crippen molar-refractivity contribution in [2.75, 3.05) is 26.2 Å². The van der Waals surface area contributed by atoms with E-state index in [0.717, 1.165) is 32.5 Å². The molecule has 2 heterocycles. The van der Waals surface area contributed by atoms with Gasteiger partial charge in [-0.1, -0.05) is 6.92 Å². The molecule has 0 N–H and O–H groups in total. The van der Waals surface area contributed by atoms with Gasteiger partial charge in [0.05, 0.1) is 25.2 Å². The first-order valence-corrected chi connectivity index (χ1v) is 6.20. The fraction of sp³-hybridized carbons (Fsp3) is 0.917. The number of hydrogen-bond donors (Lipinski definition) is 0. The van der Waals surface area contributed by atoms with Gasteiger partial charge in [-0.3, -0.25) is 0 Å². The third-order valence-corrected chi connectivity index (χ3v) is 3.56. The minimum absolute atomic E-state index is 0.000736. The SMILES string of the molecule is CCN1CCC(C2OCC(CC#N)O2)CC1. The second-order valence-corrected chi connectivity index (χ2v) is 4.59. The molecule has 0 saturated carbocycles. The topological polar surface area (TPSA) is 45.5 Å². The molecule has 2 aliphatic heterocycles. The van der Waals surface area contributed by atoms with Crippen LogP contribution in [0.15, 0.2) is 0 Å². The minimum atomic E-state index is -0.0580. The molecule has 0 spiro atoms. The molecule has 2 fully saturated rings. The fourth-order valence-corrected chi connectivity index (χ4v) is 2.47. The largest absolute Gasteiger partial charge is 0.350 e. The zero-order valence-corrected chi connectivity index (χ0v) is 9.89. The summed E-state index contributed by atoms with van der Waals surface area (Å²) in [5, 5.41) is 8.60. The molecule has 4 heteroatoms. The van der Waals surface area contributed by atoms with E-state index >= 15 is 0 Å². The molecule has 0 radical (unpaired) electrons. The van der Waals surface area contributed by atoms with E-state index < -0.39 is 0 Å². The Balaban J connectivity index is 1.76. The molecule has 0 aliphatic carbocycles. The predicted octanol–water partition coefficient (Wildman–Crippen LogP) is 1.37. The van der Waals surface area contributed by atoms with Gasteiger partial charge < -0.3 is 14.4 Å². The monoisotopic (exact) mass is 224 g/mol. The Morgan fingerprint density at radius 2 is 2.12 bits per heavy atom. The number of rotatable bonds is 3. The standard InChI is InChI=1S/C12H20N2O2/c1-2-14-7-4-10(5-8-14)12-15-9-11(16-12)3-6-13/h10-12H,2-5,7-9H2,1H3. The molecule has 0 bridgehead atoms. The summed E-state index contributed by atoms with van der Waals surface area (Å²) in [6.07, 6.45) is 2.69. The van der Waals surface area contributed by atoms with Crippen LogP contribution in [0.1, 0.15) is 26.2 Å². The van der Waals surface area contributed by atoms with Crippen molar-refractivity contribution in [3.05, 3.63) is 0 Å². The normalized spacial score (nSPS) is 32.8. The first-order chi connectivity index (χ1) is 7.83. The van der Waals surface area contributed by atoms with Crippen LogP contribution in [0.25, 0.3) is 0 Å². The lowest BCUT2D eigenvalue weighted by Gasteiger charge is -2.33. The third kappa shape index (κ3) is 2.73. The van der Waals surface area contributed by atoms with E-state index in [-0.39, 0.29) is 12.4 Å². The maximum atomic E-state index is 8.60. The van der Waals surface area contributed by atoms with Crippen LogP contribution in [0.3, 0.4) is 0 Å². The second kappa shape index (κ2) is 5.62. The summed E-state index contributed by atoms with van der Waals surface area (Å²) in [5.41, 5.74) is 0. The maximum absolute atomic E-state index is 8.60. The van der Waals surface area contributed by atoms with Gasteiger partial charge in [-0.05, 0) is 32.5 Å². The van der Waals surface area contributed by atoms with Gasteiger partial charge in [-0.25, -0.2) is 0 Å². The van der Waals surface area contributed by atoms with Crippen molar-refractivity contribution in [1.29, 1.82) is 5.26 Å². The van der Waals surface area contributed by atoms with Crippen molar-refractivity contribution in [3.63, 3.8) is 0 Å². The molecule has 2 saturated heterocycles. The van der Waals surface area contributed by atoms with Gasteiger partial charge in [0, 0.05) is 5.92 Å². The molecular formula is C12H20N2O2. The molecule has 0 aromatic rings. The lowest BCUT2D eigenvalue weighted by atomic mass is 9.96. The Bertz CT molecular complexity index is 256. The van der Waals surface area contributed by atoms with Crippen LogP contribution in [0.5, 0.6) is 0 Å². The quantitative estimate of drug-likeness (QED) is 0.726. The van der Waals surface area contributed by atoms with E-state index in [1.54, 1.807) is 0 Å². The lowest BCUT2D eigenvalue weighted by Crippen LogP contribution is -2.38. The number of nitriles is 1. The zero-order chi connectivity index (χ0) is 11.4. The highest BCUT2D eigenvalue weighted by Gasteiger charge is 2.34. The average Bonchev–Trinajstić information content (AvgIpc) is 2.78. The Kier molecular flexibility index (Phi) is 4.16. The van der Waals surface area contributed by atoms with E-state index in [9.17, 15) is 0 Å². The molecule has 0 aromatic heterocycles. The van der Waals surface area contributed by atoms with Gasteiger partial charge in [0.25, 0.3) is 0 Å². The number of ether oxygens (including phenoxy) is 2. The van der Waals surface area contributed by atoms with Crippen LogP contribution in [-0.4, -0.2) is 43.5 Å². The summed E-state index contributed by atoms with van der Waals surface area (Å²) in [6, 6.07) is 2.14. The Labute approximate surface area is 97.1 Å². The van der Waals surface area contributed by atoms with Gasteiger partial charge in [0.1, 0.15) is 0 Å². The van der Waals surface area contributed by atoms with E-state index in [1.807, 2.05) is 0 Å². The number of hydrogen-bond acceptors (Lipinski definition) is 4. The summed E-state index contributed by atoms with van der Waals surface area (Å²) < 4.78 is 11.4. The highest BCUT2D eigenvalue weighted by atomic mass is 16.7. The Morgan fingerprint density at radius 1 is 1.38 bits per heavy atom. The van der Waals surface area contributed by atoms with Gasteiger partial charge in [0.15, 0.2) is 6.29 Å². The molecule has 0 aromatic carbocycles. The van der Waals surface area contributed by atoms with E-state index in [1.165, 1.54) is 0 Å². The van der Waals surface area contributed by atoms with Gasteiger partial charge >= 0.3 is 0 Å². The molecule has 0 amide bonds. The number of nitrogens with zero attached hydrogens (tertiary/aromatic N) is 2. The molecule has 2 unspecified atom stereocenters. The third-order valence-electron chi connectivity index (χ3n) is 3.56. The highest BCUT2D eigenvalue weighted by molar-refractivity contribution is 4.82. The molecule has 4 nitrogen and oxygen atoms in total. The molecule has 2 rings (SSSR count). The summed E-state index contributed by atoms with van der Waals surface area (Å²) in [6.45, 7) is 6.22. The summed E-state index contributed by atoms with van der Waals surface area (Å²) >= 11 is 0. The first kappa shape index (κ1) is 11.8. The van der Waals surface area contributed by atoms with Gasteiger partial charge in [0.2, 0.25) is 0 Å². The molecule has 90 valence electrons. The van der Waals surface area contributed by atoms with Crippen LogP contribution in [0.4, 0.5) is 0 Å². The van der Waals surface area contributed by atoms with Crippen molar-refractivity contribution in [3.8, 4) is 6.07 Å². The predicted molar refractivity (Wildman–Crippen MR) is 59.7 cm³/mol. The summed E-state index contributed by atoms with van der Waals surface area (Å²) in [4.78, 5) is 2.46. The van der Waals surface area contributed by atoms with E-state index in [4.69, 9.17) is 14.7 Å². The van der Waals surface area contributed by atoms with Crippen molar-refractivity contribution in [1.82, 2.24) is 4.90 Å². The average molecular weight is 224 g/mol. The van der Waals surface area contributed by atoms with Crippen molar-refractivity contribution in [2.45, 2.75) is 38.6 Å². The van der Waals surface area contributed by atoms with Crippen LogP contribution >= 0.6 is 0 Å². The highest BCUT2D eigenvalue weighted by Crippen LogP contribution is 2.28. The van der Waals surface area contributed by atoms with Crippen LogP contribution < -0.4 is 0 Å². The van der Waals surface area contributed by atoms with Gasteiger partial charge in [-0.2, -0.15) is 5.26 Å².